The summed E-state index contributed by atoms with van der Waals surface area (Å²) in [6.07, 6.45) is 2.88. The molecule has 1 atom stereocenters. The van der Waals surface area contributed by atoms with Crippen LogP contribution in [0.4, 0.5) is 4.79 Å². The number of hydrogen-bond acceptors (Lipinski definition) is 5. The zero-order valence-electron chi connectivity index (χ0n) is 12.8. The summed E-state index contributed by atoms with van der Waals surface area (Å²) in [6, 6.07) is -0.126. The minimum atomic E-state index is -0.545. The van der Waals surface area contributed by atoms with Crippen LogP contribution in [0.2, 0.25) is 5.15 Å². The summed E-state index contributed by atoms with van der Waals surface area (Å²) < 4.78 is 5.20. The standard InChI is InChI=1S/C14H19ClN4O3/c1-14(2,3)22-13(21)18-9-4-5-19(8-9)12(20)10-6-17-11(15)7-16-10/h6-7,9H,4-5,8H2,1-3H3,(H,18,21). The van der Waals surface area contributed by atoms with Gasteiger partial charge in [-0.05, 0) is 27.2 Å². The summed E-state index contributed by atoms with van der Waals surface area (Å²) in [5.41, 5.74) is -0.306. The number of ether oxygens (including phenoxy) is 1. The summed E-state index contributed by atoms with van der Waals surface area (Å²) in [6.45, 7) is 6.37. The molecule has 2 rings (SSSR count). The van der Waals surface area contributed by atoms with Gasteiger partial charge in [-0.2, -0.15) is 0 Å². The Morgan fingerprint density at radius 2 is 2.09 bits per heavy atom. The van der Waals surface area contributed by atoms with Crippen LogP contribution >= 0.6 is 11.6 Å². The molecule has 0 aromatic carbocycles. The third kappa shape index (κ3) is 4.56. The summed E-state index contributed by atoms with van der Waals surface area (Å²) in [5, 5.41) is 3.01. The second-order valence-electron chi connectivity index (χ2n) is 6.11. The van der Waals surface area contributed by atoms with Crippen molar-refractivity contribution in [3.8, 4) is 0 Å². The van der Waals surface area contributed by atoms with E-state index < -0.39 is 11.7 Å². The van der Waals surface area contributed by atoms with Gasteiger partial charge in [-0.15, -0.1) is 0 Å². The largest absolute Gasteiger partial charge is 0.444 e. The normalized spacial score (nSPS) is 18.2. The van der Waals surface area contributed by atoms with Crippen molar-refractivity contribution in [2.75, 3.05) is 13.1 Å². The number of aromatic nitrogens is 2. The zero-order valence-corrected chi connectivity index (χ0v) is 13.6. The molecule has 1 N–H and O–H groups in total. The first-order valence-corrected chi connectivity index (χ1v) is 7.39. The number of amides is 2. The van der Waals surface area contributed by atoms with E-state index in [1.54, 1.807) is 25.7 Å². The molecule has 120 valence electrons. The van der Waals surface area contributed by atoms with E-state index in [1.165, 1.54) is 12.4 Å². The summed E-state index contributed by atoms with van der Waals surface area (Å²) >= 11 is 5.65. The Bertz CT molecular complexity index is 556. The van der Waals surface area contributed by atoms with E-state index in [0.717, 1.165) is 0 Å². The van der Waals surface area contributed by atoms with E-state index in [9.17, 15) is 9.59 Å². The molecule has 0 radical (unpaired) electrons. The van der Waals surface area contributed by atoms with E-state index >= 15 is 0 Å². The molecule has 1 unspecified atom stereocenters. The monoisotopic (exact) mass is 326 g/mol. The van der Waals surface area contributed by atoms with Crippen LogP contribution in [-0.4, -0.2) is 51.6 Å². The predicted octanol–water partition coefficient (Wildman–Crippen LogP) is 1.87. The van der Waals surface area contributed by atoms with Crippen LogP contribution in [0.1, 0.15) is 37.7 Å². The predicted molar refractivity (Wildman–Crippen MR) is 80.7 cm³/mol. The summed E-state index contributed by atoms with van der Waals surface area (Å²) in [5.74, 6) is -0.224. The highest BCUT2D eigenvalue weighted by Crippen LogP contribution is 2.14. The van der Waals surface area contributed by atoms with E-state index in [4.69, 9.17) is 16.3 Å². The van der Waals surface area contributed by atoms with Crippen molar-refractivity contribution in [2.24, 2.45) is 0 Å². The van der Waals surface area contributed by atoms with Gasteiger partial charge in [0, 0.05) is 13.1 Å². The lowest BCUT2D eigenvalue weighted by molar-refractivity contribution is 0.0502. The smallest absolute Gasteiger partial charge is 0.407 e. The highest BCUT2D eigenvalue weighted by atomic mass is 35.5. The highest BCUT2D eigenvalue weighted by molar-refractivity contribution is 6.29. The van der Waals surface area contributed by atoms with Gasteiger partial charge in [0.15, 0.2) is 0 Å². The number of nitrogens with zero attached hydrogens (tertiary/aromatic N) is 3. The molecule has 1 saturated heterocycles. The molecule has 22 heavy (non-hydrogen) atoms. The first-order chi connectivity index (χ1) is 10.2. The SMILES string of the molecule is CC(C)(C)OC(=O)NC1CCN(C(=O)c2cnc(Cl)cn2)C1. The molecule has 0 saturated carbocycles. The van der Waals surface area contributed by atoms with Gasteiger partial charge < -0.3 is 15.0 Å². The molecule has 1 aromatic heterocycles. The first-order valence-electron chi connectivity index (χ1n) is 7.01. The Hall–Kier alpha value is -1.89. The second kappa shape index (κ2) is 6.48. The van der Waals surface area contributed by atoms with Crippen molar-refractivity contribution in [2.45, 2.75) is 38.8 Å². The molecule has 0 aliphatic carbocycles. The van der Waals surface area contributed by atoms with Gasteiger partial charge in [0.1, 0.15) is 16.4 Å². The fourth-order valence-electron chi connectivity index (χ4n) is 2.12. The number of hydrogen-bond donors (Lipinski definition) is 1. The maximum Gasteiger partial charge on any atom is 0.407 e. The number of alkyl carbamates (subject to hydrolysis) is 1. The molecule has 2 heterocycles. The highest BCUT2D eigenvalue weighted by Gasteiger charge is 2.29. The van der Waals surface area contributed by atoms with Crippen molar-refractivity contribution < 1.29 is 14.3 Å². The number of likely N-dealkylation sites (tertiary alicyclic amines) is 1. The third-order valence-electron chi connectivity index (χ3n) is 3.04. The Morgan fingerprint density at radius 3 is 2.68 bits per heavy atom. The molecule has 1 aromatic rings. The molecule has 1 aliphatic rings. The number of rotatable bonds is 2. The molecule has 1 fully saturated rings. The lowest BCUT2D eigenvalue weighted by Gasteiger charge is -2.22. The lowest BCUT2D eigenvalue weighted by Crippen LogP contribution is -2.41. The number of nitrogens with one attached hydrogen (secondary N) is 1. The fraction of sp³-hybridized carbons (Fsp3) is 0.571. The van der Waals surface area contributed by atoms with Gasteiger partial charge in [-0.25, -0.2) is 14.8 Å². The number of carbonyl (C=O) groups excluding carboxylic acids is 2. The van der Waals surface area contributed by atoms with Crippen molar-refractivity contribution in [3.63, 3.8) is 0 Å². The Balaban J connectivity index is 1.88. The van der Waals surface area contributed by atoms with Crippen molar-refractivity contribution >= 4 is 23.6 Å². The average Bonchev–Trinajstić information content (AvgIpc) is 2.85. The number of carbonyl (C=O) groups is 2. The van der Waals surface area contributed by atoms with Crippen LogP contribution in [0.15, 0.2) is 12.4 Å². The second-order valence-corrected chi connectivity index (χ2v) is 6.49. The Morgan fingerprint density at radius 1 is 1.36 bits per heavy atom. The van der Waals surface area contributed by atoms with Gasteiger partial charge in [0.2, 0.25) is 0 Å². The van der Waals surface area contributed by atoms with Crippen molar-refractivity contribution in [1.29, 1.82) is 0 Å². The molecular weight excluding hydrogens is 308 g/mol. The molecule has 8 heteroatoms. The summed E-state index contributed by atoms with van der Waals surface area (Å²) in [4.78, 5) is 33.4. The topological polar surface area (TPSA) is 84.4 Å². The van der Waals surface area contributed by atoms with Gasteiger partial charge in [0.25, 0.3) is 5.91 Å². The zero-order chi connectivity index (χ0) is 16.3. The quantitative estimate of drug-likeness (QED) is 0.896. The maximum absolute atomic E-state index is 12.3. The first kappa shape index (κ1) is 16.5. The van der Waals surface area contributed by atoms with Crippen molar-refractivity contribution in [3.05, 3.63) is 23.2 Å². The minimum absolute atomic E-state index is 0.126. The van der Waals surface area contributed by atoms with E-state index in [1.807, 2.05) is 0 Å². The van der Waals surface area contributed by atoms with Crippen LogP contribution in [0.25, 0.3) is 0 Å². The van der Waals surface area contributed by atoms with Gasteiger partial charge in [-0.1, -0.05) is 11.6 Å². The molecular formula is C14H19ClN4O3. The Kier molecular flexibility index (Phi) is 4.85. The van der Waals surface area contributed by atoms with E-state index in [0.29, 0.717) is 19.5 Å². The average molecular weight is 327 g/mol. The van der Waals surface area contributed by atoms with Crippen LogP contribution in [0.5, 0.6) is 0 Å². The van der Waals surface area contributed by atoms with Crippen LogP contribution in [0, 0.1) is 0 Å². The molecule has 0 spiro atoms. The van der Waals surface area contributed by atoms with Crippen LogP contribution in [-0.2, 0) is 4.74 Å². The van der Waals surface area contributed by atoms with Gasteiger partial charge >= 0.3 is 6.09 Å². The minimum Gasteiger partial charge on any atom is -0.444 e. The Labute approximate surface area is 134 Å². The third-order valence-corrected chi connectivity index (χ3v) is 3.23. The molecule has 2 amide bonds. The van der Waals surface area contributed by atoms with Gasteiger partial charge in [0.05, 0.1) is 18.4 Å². The van der Waals surface area contributed by atoms with E-state index in [-0.39, 0.29) is 22.8 Å². The fourth-order valence-corrected chi connectivity index (χ4v) is 2.22. The van der Waals surface area contributed by atoms with Crippen LogP contribution in [0.3, 0.4) is 0 Å². The molecule has 0 bridgehead atoms. The maximum atomic E-state index is 12.3. The lowest BCUT2D eigenvalue weighted by atomic mass is 10.2. The van der Waals surface area contributed by atoms with Crippen molar-refractivity contribution in [1.82, 2.24) is 20.2 Å². The van der Waals surface area contributed by atoms with Crippen LogP contribution < -0.4 is 5.32 Å². The van der Waals surface area contributed by atoms with Gasteiger partial charge in [-0.3, -0.25) is 4.79 Å². The molecule has 7 nitrogen and oxygen atoms in total. The number of halogens is 1. The van der Waals surface area contributed by atoms with E-state index in [2.05, 4.69) is 15.3 Å². The summed E-state index contributed by atoms with van der Waals surface area (Å²) in [7, 11) is 0. The molecule has 1 aliphatic heterocycles.